The first-order valence-electron chi connectivity index (χ1n) is 15.1. The molecule has 0 aromatic heterocycles. The summed E-state index contributed by atoms with van der Waals surface area (Å²) in [5, 5.41) is 12.9. The first-order valence-corrected chi connectivity index (χ1v) is 15.1. The lowest BCUT2D eigenvalue weighted by Gasteiger charge is -2.38. The van der Waals surface area contributed by atoms with Crippen LogP contribution in [0.3, 0.4) is 0 Å². The van der Waals surface area contributed by atoms with Gasteiger partial charge in [0, 0.05) is 37.7 Å². The van der Waals surface area contributed by atoms with Gasteiger partial charge < -0.3 is 25.0 Å². The van der Waals surface area contributed by atoms with Gasteiger partial charge in [-0.3, -0.25) is 14.5 Å². The number of rotatable bonds is 12. The Morgan fingerprint density at radius 1 is 1.05 bits per heavy atom. The van der Waals surface area contributed by atoms with E-state index < -0.39 is 0 Å². The van der Waals surface area contributed by atoms with Gasteiger partial charge in [-0.25, -0.2) is 0 Å². The number of nitrogens with one attached hydrogen (secondary N) is 1. The van der Waals surface area contributed by atoms with Crippen molar-refractivity contribution in [1.29, 1.82) is 0 Å². The zero-order chi connectivity index (χ0) is 30.9. The Morgan fingerprint density at radius 3 is 2.42 bits per heavy atom. The monoisotopic (exact) mass is 586 g/mol. The lowest BCUT2D eigenvalue weighted by molar-refractivity contribution is -0.116. The molecule has 1 heterocycles. The number of anilines is 1. The normalized spacial score (nSPS) is 17.7. The zero-order valence-corrected chi connectivity index (χ0v) is 26.1. The largest absolute Gasteiger partial charge is 0.488 e. The number of aliphatic hydroxyl groups excluding tert-OH is 1. The van der Waals surface area contributed by atoms with Crippen molar-refractivity contribution in [2.75, 3.05) is 52.7 Å². The van der Waals surface area contributed by atoms with E-state index in [-0.39, 0.29) is 36.5 Å². The van der Waals surface area contributed by atoms with Crippen LogP contribution in [0.5, 0.6) is 5.75 Å². The Balaban J connectivity index is 1.49. The number of fused-ring (bicyclic) bond motifs is 1. The molecule has 2 N–H and O–H groups in total. The maximum atomic E-state index is 13.7. The van der Waals surface area contributed by atoms with Gasteiger partial charge in [0.1, 0.15) is 11.9 Å². The third kappa shape index (κ3) is 8.89. The van der Waals surface area contributed by atoms with Crippen molar-refractivity contribution in [3.8, 4) is 16.9 Å². The summed E-state index contributed by atoms with van der Waals surface area (Å²) in [6.07, 6.45) is 0.951. The molecular formula is C35H46N4O4. The molecule has 0 saturated heterocycles. The first-order chi connectivity index (χ1) is 20.6. The highest BCUT2D eigenvalue weighted by atomic mass is 16.5. The summed E-state index contributed by atoms with van der Waals surface area (Å²) in [5.74, 6) is 0.205. The number of nitrogens with zero attached hydrogens (tertiary/aromatic N) is 3. The third-order valence-corrected chi connectivity index (χ3v) is 7.96. The fraction of sp³-hybridized carbons (Fsp3) is 0.429. The molecule has 0 saturated carbocycles. The van der Waals surface area contributed by atoms with Gasteiger partial charge in [0.15, 0.2) is 0 Å². The molecule has 0 bridgehead atoms. The molecule has 230 valence electrons. The van der Waals surface area contributed by atoms with Crippen molar-refractivity contribution in [3.05, 3.63) is 83.9 Å². The van der Waals surface area contributed by atoms with Crippen LogP contribution in [0.15, 0.2) is 72.8 Å². The number of carbonyl (C=O) groups excluding carboxylic acids is 2. The minimum atomic E-state index is -0.355. The number of hydrogen-bond acceptors (Lipinski definition) is 6. The van der Waals surface area contributed by atoms with E-state index in [1.807, 2.05) is 44.1 Å². The fourth-order valence-electron chi connectivity index (χ4n) is 5.41. The van der Waals surface area contributed by atoms with Gasteiger partial charge in [0.2, 0.25) is 5.91 Å². The maximum Gasteiger partial charge on any atom is 0.258 e. The number of amides is 2. The number of aliphatic hydroxyl groups is 1. The van der Waals surface area contributed by atoms with E-state index in [4.69, 9.17) is 4.74 Å². The molecule has 1 aliphatic heterocycles. The average Bonchev–Trinajstić information content (AvgIpc) is 2.99. The lowest BCUT2D eigenvalue weighted by atomic mass is 9.99. The maximum absolute atomic E-state index is 13.7. The van der Waals surface area contributed by atoms with Crippen LogP contribution < -0.4 is 10.1 Å². The molecule has 0 radical (unpaired) electrons. The molecule has 4 rings (SSSR count). The Kier molecular flexibility index (Phi) is 11.3. The standard InChI is InChI=1S/C35H46N4O4/c1-25-21-39(26(2)24-40)35(42)31-20-30(36-34(41)12-9-19-37(3)4)17-18-32(31)43-33(25)23-38(5)22-27-13-15-29(16-14-27)28-10-7-6-8-11-28/h6-8,10-11,13-18,20,25-26,33,40H,9,12,19,21-24H2,1-5H3,(H,36,41)/t25-,26-,33-/m0/s1. The predicted molar refractivity (Wildman–Crippen MR) is 172 cm³/mol. The molecule has 0 spiro atoms. The smallest absolute Gasteiger partial charge is 0.258 e. The van der Waals surface area contributed by atoms with E-state index in [1.54, 1.807) is 23.1 Å². The molecule has 3 aromatic carbocycles. The van der Waals surface area contributed by atoms with E-state index in [0.717, 1.165) is 19.5 Å². The summed E-state index contributed by atoms with van der Waals surface area (Å²) in [6, 6.07) is 23.9. The van der Waals surface area contributed by atoms with Gasteiger partial charge in [-0.05, 0) is 75.9 Å². The second-order valence-electron chi connectivity index (χ2n) is 12.0. The number of hydrogen-bond donors (Lipinski definition) is 2. The van der Waals surface area contributed by atoms with Crippen molar-refractivity contribution < 1.29 is 19.4 Å². The number of benzene rings is 3. The summed E-state index contributed by atoms with van der Waals surface area (Å²) < 4.78 is 6.55. The SMILES string of the molecule is C[C@H]1CN([C@@H](C)CO)C(=O)c2cc(NC(=O)CCCN(C)C)ccc2O[C@H]1CN(C)Cc1ccc(-c2ccccc2)cc1. The Bertz CT molecular complexity index is 1350. The van der Waals surface area contributed by atoms with Gasteiger partial charge in [0.05, 0.1) is 18.2 Å². The molecule has 1 aliphatic rings. The van der Waals surface area contributed by atoms with Crippen LogP contribution in [0.1, 0.15) is 42.6 Å². The van der Waals surface area contributed by atoms with Crippen LogP contribution in [0, 0.1) is 5.92 Å². The van der Waals surface area contributed by atoms with E-state index in [0.29, 0.717) is 36.5 Å². The summed E-state index contributed by atoms with van der Waals surface area (Å²) >= 11 is 0. The van der Waals surface area contributed by atoms with Gasteiger partial charge in [-0.2, -0.15) is 0 Å². The topological polar surface area (TPSA) is 85.3 Å². The number of carbonyl (C=O) groups is 2. The second kappa shape index (κ2) is 15.1. The van der Waals surface area contributed by atoms with Crippen LogP contribution in [-0.4, -0.2) is 91.2 Å². The molecule has 2 amide bonds. The highest BCUT2D eigenvalue weighted by molar-refractivity contribution is 5.99. The summed E-state index contributed by atoms with van der Waals surface area (Å²) in [4.78, 5) is 32.3. The van der Waals surface area contributed by atoms with Gasteiger partial charge in [0.25, 0.3) is 5.91 Å². The van der Waals surface area contributed by atoms with Gasteiger partial charge >= 0.3 is 0 Å². The van der Waals surface area contributed by atoms with Crippen molar-refractivity contribution in [2.45, 2.75) is 45.4 Å². The van der Waals surface area contributed by atoms with E-state index in [1.165, 1.54) is 16.7 Å². The van der Waals surface area contributed by atoms with Gasteiger partial charge in [-0.15, -0.1) is 0 Å². The van der Waals surface area contributed by atoms with Crippen molar-refractivity contribution >= 4 is 17.5 Å². The Hall–Kier alpha value is -3.72. The number of ether oxygens (including phenoxy) is 1. The highest BCUT2D eigenvalue weighted by Crippen LogP contribution is 2.31. The molecule has 3 atom stereocenters. The summed E-state index contributed by atoms with van der Waals surface area (Å²) in [6.45, 7) is 6.48. The number of likely N-dealkylation sites (N-methyl/N-ethyl adjacent to an activating group) is 1. The predicted octanol–water partition coefficient (Wildman–Crippen LogP) is 4.99. The minimum Gasteiger partial charge on any atom is -0.488 e. The zero-order valence-electron chi connectivity index (χ0n) is 26.1. The van der Waals surface area contributed by atoms with E-state index in [9.17, 15) is 14.7 Å². The van der Waals surface area contributed by atoms with Crippen molar-refractivity contribution in [1.82, 2.24) is 14.7 Å². The average molecular weight is 587 g/mol. The summed E-state index contributed by atoms with van der Waals surface area (Å²) in [7, 11) is 6.04. The quantitative estimate of drug-likeness (QED) is 0.311. The molecule has 0 unspecified atom stereocenters. The van der Waals surface area contributed by atoms with E-state index >= 15 is 0 Å². The molecule has 0 fully saturated rings. The lowest BCUT2D eigenvalue weighted by Crippen LogP contribution is -2.49. The second-order valence-corrected chi connectivity index (χ2v) is 12.0. The third-order valence-electron chi connectivity index (χ3n) is 7.96. The van der Waals surface area contributed by atoms with Crippen LogP contribution in [0.4, 0.5) is 5.69 Å². The Morgan fingerprint density at radius 2 is 1.74 bits per heavy atom. The van der Waals surface area contributed by atoms with Gasteiger partial charge in [-0.1, -0.05) is 61.5 Å². The Labute approximate surface area is 256 Å². The van der Waals surface area contributed by atoms with Crippen LogP contribution >= 0.6 is 0 Å². The minimum absolute atomic E-state index is 0.0186. The molecule has 43 heavy (non-hydrogen) atoms. The van der Waals surface area contributed by atoms with E-state index in [2.05, 4.69) is 60.6 Å². The molecular weight excluding hydrogens is 540 g/mol. The van der Waals surface area contributed by atoms with Crippen molar-refractivity contribution in [2.24, 2.45) is 5.92 Å². The molecule has 0 aliphatic carbocycles. The molecule has 8 heteroatoms. The molecule has 3 aromatic rings. The van der Waals surface area contributed by atoms with Crippen LogP contribution in [0.2, 0.25) is 0 Å². The van der Waals surface area contributed by atoms with Crippen molar-refractivity contribution in [3.63, 3.8) is 0 Å². The summed E-state index contributed by atoms with van der Waals surface area (Å²) in [5.41, 5.74) is 4.54. The molecule has 8 nitrogen and oxygen atoms in total. The van der Waals surface area contributed by atoms with Crippen LogP contribution in [0.25, 0.3) is 11.1 Å². The highest BCUT2D eigenvalue weighted by Gasteiger charge is 2.33. The van der Waals surface area contributed by atoms with Crippen LogP contribution in [-0.2, 0) is 11.3 Å². The fourth-order valence-corrected chi connectivity index (χ4v) is 5.41. The first kappa shape index (κ1) is 32.2.